The van der Waals surface area contributed by atoms with Gasteiger partial charge in [-0.3, -0.25) is 14.7 Å². The number of aromatic amines is 1. The van der Waals surface area contributed by atoms with E-state index in [4.69, 9.17) is 10.2 Å². The second-order valence-corrected chi connectivity index (χ2v) is 5.96. The molecule has 0 spiro atoms. The van der Waals surface area contributed by atoms with E-state index in [9.17, 15) is 9.59 Å². The van der Waals surface area contributed by atoms with Gasteiger partial charge < -0.3 is 20.8 Å². The first-order valence-electron chi connectivity index (χ1n) is 8.62. The van der Waals surface area contributed by atoms with E-state index in [0.717, 1.165) is 17.9 Å². The maximum Gasteiger partial charge on any atom is 0.276 e. The molecule has 0 atom stereocenters. The van der Waals surface area contributed by atoms with Gasteiger partial charge >= 0.3 is 0 Å². The number of rotatable bonds is 8. The number of hydrogen-bond donors (Lipinski definition) is 4. The highest BCUT2D eigenvalue weighted by Crippen LogP contribution is 2.13. The Kier molecular flexibility index (Phi) is 6.01. The zero-order valence-corrected chi connectivity index (χ0v) is 14.7. The number of hydrogen-bond acceptors (Lipinski definition) is 5. The molecule has 2 aromatic heterocycles. The highest BCUT2D eigenvalue weighted by Gasteiger charge is 2.12. The van der Waals surface area contributed by atoms with Crippen molar-refractivity contribution in [1.29, 1.82) is 0 Å². The molecule has 8 nitrogen and oxygen atoms in total. The largest absolute Gasteiger partial charge is 0.469 e. The monoisotopic (exact) mass is 367 g/mol. The van der Waals surface area contributed by atoms with Gasteiger partial charge in [0.2, 0.25) is 0 Å². The summed E-state index contributed by atoms with van der Waals surface area (Å²) in [5.74, 6) is 0.277. The van der Waals surface area contributed by atoms with E-state index in [1.54, 1.807) is 36.6 Å². The van der Waals surface area contributed by atoms with Gasteiger partial charge in [-0.2, -0.15) is 5.10 Å². The Morgan fingerprint density at radius 2 is 1.96 bits per heavy atom. The van der Waals surface area contributed by atoms with Gasteiger partial charge in [0.25, 0.3) is 11.8 Å². The van der Waals surface area contributed by atoms with Crippen LogP contribution >= 0.6 is 0 Å². The smallest absolute Gasteiger partial charge is 0.276 e. The van der Waals surface area contributed by atoms with Crippen LogP contribution in [0.3, 0.4) is 0 Å². The number of nitrogens with two attached hydrogens (primary N) is 1. The Balaban J connectivity index is 1.56. The Bertz CT molecular complexity index is 884. The van der Waals surface area contributed by atoms with Crippen LogP contribution in [0.5, 0.6) is 0 Å². The van der Waals surface area contributed by atoms with Crippen molar-refractivity contribution in [3.63, 3.8) is 0 Å². The lowest BCUT2D eigenvalue weighted by atomic mass is 10.2. The summed E-state index contributed by atoms with van der Waals surface area (Å²) >= 11 is 0. The maximum absolute atomic E-state index is 12.3. The topological polar surface area (TPSA) is 126 Å². The number of furan rings is 1. The molecule has 0 fully saturated rings. The maximum atomic E-state index is 12.3. The summed E-state index contributed by atoms with van der Waals surface area (Å²) in [7, 11) is 0. The molecule has 2 amide bonds. The third kappa shape index (κ3) is 5.05. The Morgan fingerprint density at radius 3 is 2.67 bits per heavy atom. The predicted molar refractivity (Wildman–Crippen MR) is 101 cm³/mol. The van der Waals surface area contributed by atoms with Crippen molar-refractivity contribution < 1.29 is 14.0 Å². The fourth-order valence-electron chi connectivity index (χ4n) is 2.48. The van der Waals surface area contributed by atoms with E-state index in [1.807, 2.05) is 12.1 Å². The van der Waals surface area contributed by atoms with Crippen LogP contribution in [-0.4, -0.2) is 35.1 Å². The molecule has 0 unspecified atom stereocenters. The number of nitrogens with one attached hydrogen (secondary N) is 3. The molecule has 0 bridgehead atoms. The molecule has 0 radical (unpaired) electrons. The molecule has 0 aliphatic heterocycles. The van der Waals surface area contributed by atoms with Crippen molar-refractivity contribution in [2.24, 2.45) is 5.73 Å². The molecule has 27 heavy (non-hydrogen) atoms. The van der Waals surface area contributed by atoms with Crippen LogP contribution in [0.15, 0.2) is 53.1 Å². The van der Waals surface area contributed by atoms with Crippen molar-refractivity contribution in [2.45, 2.75) is 12.8 Å². The molecule has 0 saturated carbocycles. The van der Waals surface area contributed by atoms with Crippen molar-refractivity contribution in [3.05, 3.63) is 71.4 Å². The van der Waals surface area contributed by atoms with Crippen molar-refractivity contribution >= 4 is 17.5 Å². The molecule has 2 heterocycles. The first-order chi connectivity index (χ1) is 13.2. The van der Waals surface area contributed by atoms with E-state index < -0.39 is 0 Å². The van der Waals surface area contributed by atoms with Gasteiger partial charge in [0, 0.05) is 29.9 Å². The summed E-state index contributed by atoms with van der Waals surface area (Å²) in [4.78, 5) is 24.3. The third-order valence-electron chi connectivity index (χ3n) is 3.88. The van der Waals surface area contributed by atoms with Gasteiger partial charge in [0.15, 0.2) is 5.69 Å². The van der Waals surface area contributed by atoms with Crippen molar-refractivity contribution in [2.75, 3.05) is 18.4 Å². The zero-order chi connectivity index (χ0) is 19.1. The molecular weight excluding hydrogens is 346 g/mol. The van der Waals surface area contributed by atoms with E-state index in [0.29, 0.717) is 30.8 Å². The lowest BCUT2D eigenvalue weighted by Crippen LogP contribution is -2.25. The van der Waals surface area contributed by atoms with E-state index in [2.05, 4.69) is 20.8 Å². The summed E-state index contributed by atoms with van der Waals surface area (Å²) in [5.41, 5.74) is 7.55. The molecule has 140 valence electrons. The molecule has 0 saturated heterocycles. The summed E-state index contributed by atoms with van der Waals surface area (Å²) < 4.78 is 5.28. The quantitative estimate of drug-likeness (QED) is 0.453. The molecule has 1 aromatic carbocycles. The third-order valence-corrected chi connectivity index (χ3v) is 3.88. The number of benzene rings is 1. The van der Waals surface area contributed by atoms with Crippen LogP contribution < -0.4 is 16.4 Å². The standard InChI is InChI=1S/C19H21N5O3/c20-8-2-9-21-18(25)13-4-6-14(7-5-13)22-19(26)17-12-15(23-24-17)11-16-3-1-10-27-16/h1,3-7,10,12H,2,8-9,11,20H2,(H,21,25)(H,22,26)(H,23,24). The van der Waals surface area contributed by atoms with E-state index >= 15 is 0 Å². The van der Waals surface area contributed by atoms with Crippen LogP contribution in [-0.2, 0) is 6.42 Å². The second-order valence-electron chi connectivity index (χ2n) is 5.96. The molecular formula is C19H21N5O3. The average Bonchev–Trinajstić information content (AvgIpc) is 3.35. The number of carbonyl (C=O) groups excluding carboxylic acids is 2. The minimum Gasteiger partial charge on any atom is -0.469 e. The van der Waals surface area contributed by atoms with E-state index in [1.165, 1.54) is 0 Å². The van der Waals surface area contributed by atoms with Gasteiger partial charge in [-0.05, 0) is 55.4 Å². The number of carbonyl (C=O) groups is 2. The second kappa shape index (κ2) is 8.81. The van der Waals surface area contributed by atoms with E-state index in [-0.39, 0.29) is 17.5 Å². The first kappa shape index (κ1) is 18.4. The fourth-order valence-corrected chi connectivity index (χ4v) is 2.48. The Labute approximate surface area is 156 Å². The minimum absolute atomic E-state index is 0.170. The van der Waals surface area contributed by atoms with Gasteiger partial charge in [0.05, 0.1) is 6.26 Å². The first-order valence-corrected chi connectivity index (χ1v) is 8.62. The molecule has 8 heteroatoms. The number of anilines is 1. The SMILES string of the molecule is NCCCNC(=O)c1ccc(NC(=O)c2cc(Cc3ccco3)[nH]n2)cc1. The van der Waals surface area contributed by atoms with Crippen LogP contribution in [0, 0.1) is 0 Å². The lowest BCUT2D eigenvalue weighted by Gasteiger charge is -2.06. The lowest BCUT2D eigenvalue weighted by molar-refractivity contribution is 0.0953. The number of aromatic nitrogens is 2. The normalized spacial score (nSPS) is 10.6. The van der Waals surface area contributed by atoms with Gasteiger partial charge in [-0.25, -0.2) is 0 Å². The van der Waals surface area contributed by atoms with Gasteiger partial charge in [-0.15, -0.1) is 0 Å². The summed E-state index contributed by atoms with van der Waals surface area (Å²) in [6.45, 7) is 1.06. The molecule has 0 aliphatic rings. The fraction of sp³-hybridized carbons (Fsp3) is 0.211. The Morgan fingerprint density at radius 1 is 1.15 bits per heavy atom. The highest BCUT2D eigenvalue weighted by atomic mass is 16.3. The molecule has 3 aromatic rings. The zero-order valence-electron chi connectivity index (χ0n) is 14.7. The number of H-pyrrole nitrogens is 1. The van der Waals surface area contributed by atoms with Crippen molar-refractivity contribution in [3.8, 4) is 0 Å². The Hall–Kier alpha value is -3.39. The highest BCUT2D eigenvalue weighted by molar-refractivity contribution is 6.03. The molecule has 3 rings (SSSR count). The van der Waals surface area contributed by atoms with Gasteiger partial charge in [-0.1, -0.05) is 0 Å². The van der Waals surface area contributed by atoms with Crippen LogP contribution in [0.1, 0.15) is 38.7 Å². The van der Waals surface area contributed by atoms with Crippen LogP contribution in [0.25, 0.3) is 0 Å². The summed E-state index contributed by atoms with van der Waals surface area (Å²) in [6.07, 6.45) is 2.86. The summed E-state index contributed by atoms with van der Waals surface area (Å²) in [6, 6.07) is 12.0. The number of amides is 2. The molecule has 5 N–H and O–H groups in total. The predicted octanol–water partition coefficient (Wildman–Crippen LogP) is 1.92. The van der Waals surface area contributed by atoms with Crippen molar-refractivity contribution in [1.82, 2.24) is 15.5 Å². The minimum atomic E-state index is -0.336. The molecule has 0 aliphatic carbocycles. The van der Waals surface area contributed by atoms with Crippen LogP contribution in [0.4, 0.5) is 5.69 Å². The van der Waals surface area contributed by atoms with Crippen LogP contribution in [0.2, 0.25) is 0 Å². The number of nitrogens with zero attached hydrogens (tertiary/aromatic N) is 1. The summed E-state index contributed by atoms with van der Waals surface area (Å²) in [5, 5.41) is 12.4. The average molecular weight is 367 g/mol. The van der Waals surface area contributed by atoms with Gasteiger partial charge in [0.1, 0.15) is 5.76 Å².